The summed E-state index contributed by atoms with van der Waals surface area (Å²) < 4.78 is 0.255. The highest BCUT2D eigenvalue weighted by Crippen LogP contribution is 2.32. The van der Waals surface area contributed by atoms with Gasteiger partial charge in [0.2, 0.25) is 0 Å². The number of aliphatic hydroxyl groups excluding tert-OH is 1. The van der Waals surface area contributed by atoms with Crippen LogP contribution in [0.15, 0.2) is 30.3 Å². The molecule has 3 nitrogen and oxygen atoms in total. The summed E-state index contributed by atoms with van der Waals surface area (Å²) in [7, 11) is 0. The van der Waals surface area contributed by atoms with Crippen LogP contribution in [0.1, 0.15) is 19.4 Å². The van der Waals surface area contributed by atoms with E-state index < -0.39 is 0 Å². The zero-order valence-electron chi connectivity index (χ0n) is 12.0. The van der Waals surface area contributed by atoms with Crippen molar-refractivity contribution in [2.45, 2.75) is 25.2 Å². The summed E-state index contributed by atoms with van der Waals surface area (Å²) in [5.41, 5.74) is 1.92. The van der Waals surface area contributed by atoms with Crippen molar-refractivity contribution in [3.8, 4) is 0 Å². The molecular weight excluding hydrogens is 268 g/mol. The number of pyridine rings is 1. The first-order valence-corrected chi connectivity index (χ1v) is 7.96. The van der Waals surface area contributed by atoms with Crippen molar-refractivity contribution < 1.29 is 5.11 Å². The Kier molecular flexibility index (Phi) is 3.61. The van der Waals surface area contributed by atoms with Crippen LogP contribution in [0.3, 0.4) is 0 Å². The lowest BCUT2D eigenvalue weighted by atomic mass is 10.1. The van der Waals surface area contributed by atoms with Crippen LogP contribution in [0.5, 0.6) is 0 Å². The lowest BCUT2D eigenvalue weighted by Crippen LogP contribution is -2.43. The number of hydrogen-bond acceptors (Lipinski definition) is 4. The van der Waals surface area contributed by atoms with Gasteiger partial charge in [0.25, 0.3) is 0 Å². The summed E-state index contributed by atoms with van der Waals surface area (Å²) in [4.78, 5) is 7.11. The first-order valence-electron chi connectivity index (χ1n) is 6.97. The van der Waals surface area contributed by atoms with Crippen LogP contribution in [0.4, 0.5) is 5.82 Å². The summed E-state index contributed by atoms with van der Waals surface area (Å²) in [6.45, 7) is 6.62. The van der Waals surface area contributed by atoms with E-state index in [0.29, 0.717) is 0 Å². The molecule has 1 fully saturated rings. The summed E-state index contributed by atoms with van der Waals surface area (Å²) >= 11 is 2.01. The second-order valence-corrected chi connectivity index (χ2v) is 7.65. The maximum atomic E-state index is 9.61. The molecule has 0 saturated carbocycles. The number of hydrogen-bond donors (Lipinski definition) is 1. The second-order valence-electron chi connectivity index (χ2n) is 5.84. The van der Waals surface area contributed by atoms with Gasteiger partial charge in [-0.15, -0.1) is 0 Å². The van der Waals surface area contributed by atoms with Crippen LogP contribution in [-0.4, -0.2) is 33.7 Å². The van der Waals surface area contributed by atoms with Gasteiger partial charge in [0.15, 0.2) is 0 Å². The fourth-order valence-electron chi connectivity index (χ4n) is 2.74. The van der Waals surface area contributed by atoms with E-state index in [1.165, 1.54) is 0 Å². The number of thioether (sulfide) groups is 1. The van der Waals surface area contributed by atoms with Crippen molar-refractivity contribution in [2.75, 3.05) is 23.7 Å². The molecule has 1 aliphatic rings. The van der Waals surface area contributed by atoms with E-state index in [1.807, 2.05) is 42.1 Å². The third-order valence-corrected chi connectivity index (χ3v) is 5.01. The lowest BCUT2D eigenvalue weighted by molar-refractivity contribution is 0.283. The molecule has 0 bridgehead atoms. The number of anilines is 1. The largest absolute Gasteiger partial charge is 0.392 e. The Labute approximate surface area is 124 Å². The molecular formula is C16H20N2OS. The van der Waals surface area contributed by atoms with E-state index in [4.69, 9.17) is 4.98 Å². The Morgan fingerprint density at radius 3 is 2.90 bits per heavy atom. The van der Waals surface area contributed by atoms with Crippen molar-refractivity contribution in [1.29, 1.82) is 0 Å². The molecule has 4 heteroatoms. The molecule has 1 aliphatic heterocycles. The molecule has 1 N–H and O–H groups in total. The maximum Gasteiger partial charge on any atom is 0.129 e. The summed E-state index contributed by atoms with van der Waals surface area (Å²) in [5.74, 6) is 2.11. The van der Waals surface area contributed by atoms with Crippen molar-refractivity contribution in [2.24, 2.45) is 0 Å². The zero-order valence-corrected chi connectivity index (χ0v) is 12.8. The molecule has 106 valence electrons. The number of aliphatic hydroxyl groups is 1. The topological polar surface area (TPSA) is 36.4 Å². The van der Waals surface area contributed by atoms with Gasteiger partial charge in [-0.25, -0.2) is 4.98 Å². The standard InChI is InChI=1S/C16H20N2OS/c1-16(2)11-18(7-8-20-16)15-9-12(10-19)13-5-3-4-6-14(13)17-15/h3-6,9,19H,7-8,10-11H2,1-2H3. The van der Waals surface area contributed by atoms with E-state index in [2.05, 4.69) is 18.7 Å². The van der Waals surface area contributed by atoms with Gasteiger partial charge in [-0.1, -0.05) is 18.2 Å². The third kappa shape index (κ3) is 2.63. The van der Waals surface area contributed by atoms with Gasteiger partial charge in [-0.3, -0.25) is 0 Å². The third-order valence-electron chi connectivity index (χ3n) is 3.71. The van der Waals surface area contributed by atoms with Gasteiger partial charge in [-0.05, 0) is 31.5 Å². The van der Waals surface area contributed by atoms with E-state index in [9.17, 15) is 5.11 Å². The molecule has 1 saturated heterocycles. The number of para-hydroxylation sites is 1. The zero-order chi connectivity index (χ0) is 14.2. The molecule has 1 aromatic heterocycles. The minimum atomic E-state index is 0.0576. The van der Waals surface area contributed by atoms with Crippen molar-refractivity contribution in [3.05, 3.63) is 35.9 Å². The average molecular weight is 288 g/mol. The van der Waals surface area contributed by atoms with E-state index in [-0.39, 0.29) is 11.4 Å². The quantitative estimate of drug-likeness (QED) is 0.921. The fraction of sp³-hybridized carbons (Fsp3) is 0.438. The minimum absolute atomic E-state index is 0.0576. The minimum Gasteiger partial charge on any atom is -0.392 e. The Morgan fingerprint density at radius 1 is 1.35 bits per heavy atom. The molecule has 2 heterocycles. The van der Waals surface area contributed by atoms with Gasteiger partial charge in [0.1, 0.15) is 5.82 Å². The Morgan fingerprint density at radius 2 is 2.15 bits per heavy atom. The van der Waals surface area contributed by atoms with Crippen LogP contribution in [0.2, 0.25) is 0 Å². The smallest absolute Gasteiger partial charge is 0.129 e. The molecule has 0 unspecified atom stereocenters. The Bertz CT molecular complexity index is 627. The molecule has 0 radical (unpaired) electrons. The number of fused-ring (bicyclic) bond motifs is 1. The molecule has 2 aromatic rings. The summed E-state index contributed by atoms with van der Waals surface area (Å²) in [5, 5.41) is 10.7. The highest BCUT2D eigenvalue weighted by atomic mass is 32.2. The summed E-state index contributed by atoms with van der Waals surface area (Å²) in [6.07, 6.45) is 0. The SMILES string of the molecule is CC1(C)CN(c2cc(CO)c3ccccc3n2)CCS1. The lowest BCUT2D eigenvalue weighted by Gasteiger charge is -2.38. The molecule has 0 atom stereocenters. The Hall–Kier alpha value is -1.26. The second kappa shape index (κ2) is 5.26. The molecule has 0 aliphatic carbocycles. The first-order chi connectivity index (χ1) is 9.59. The van der Waals surface area contributed by atoms with E-state index >= 15 is 0 Å². The monoisotopic (exact) mass is 288 g/mol. The van der Waals surface area contributed by atoms with Gasteiger partial charge in [-0.2, -0.15) is 11.8 Å². The van der Waals surface area contributed by atoms with Gasteiger partial charge in [0, 0.05) is 29.0 Å². The predicted molar refractivity (Wildman–Crippen MR) is 86.4 cm³/mol. The van der Waals surface area contributed by atoms with Crippen molar-refractivity contribution >= 4 is 28.5 Å². The average Bonchev–Trinajstić information content (AvgIpc) is 2.45. The maximum absolute atomic E-state index is 9.61. The van der Waals surface area contributed by atoms with Crippen LogP contribution < -0.4 is 4.90 Å². The number of nitrogens with zero attached hydrogens (tertiary/aromatic N) is 2. The van der Waals surface area contributed by atoms with E-state index in [0.717, 1.165) is 41.1 Å². The Balaban J connectivity index is 2.03. The number of aromatic nitrogens is 1. The predicted octanol–water partition coefficient (Wildman–Crippen LogP) is 3.06. The molecule has 1 aromatic carbocycles. The van der Waals surface area contributed by atoms with Crippen LogP contribution >= 0.6 is 11.8 Å². The molecule has 3 rings (SSSR count). The van der Waals surface area contributed by atoms with Gasteiger partial charge < -0.3 is 10.0 Å². The normalized spacial score (nSPS) is 18.4. The molecule has 0 spiro atoms. The first kappa shape index (κ1) is 13.7. The highest BCUT2D eigenvalue weighted by molar-refractivity contribution is 8.00. The van der Waals surface area contributed by atoms with Crippen molar-refractivity contribution in [3.63, 3.8) is 0 Å². The van der Waals surface area contributed by atoms with Crippen LogP contribution in [-0.2, 0) is 6.61 Å². The van der Waals surface area contributed by atoms with Crippen LogP contribution in [0, 0.1) is 0 Å². The van der Waals surface area contributed by atoms with Crippen molar-refractivity contribution in [1.82, 2.24) is 4.98 Å². The summed E-state index contributed by atoms with van der Waals surface area (Å²) in [6, 6.07) is 10.1. The van der Waals surface area contributed by atoms with E-state index in [1.54, 1.807) is 0 Å². The molecule has 20 heavy (non-hydrogen) atoms. The molecule has 0 amide bonds. The fourth-order valence-corrected chi connectivity index (χ4v) is 3.85. The number of benzene rings is 1. The van der Waals surface area contributed by atoms with Gasteiger partial charge >= 0.3 is 0 Å². The number of rotatable bonds is 2. The van der Waals surface area contributed by atoms with Crippen LogP contribution in [0.25, 0.3) is 10.9 Å². The highest BCUT2D eigenvalue weighted by Gasteiger charge is 2.28. The van der Waals surface area contributed by atoms with Gasteiger partial charge in [0.05, 0.1) is 12.1 Å².